The van der Waals surface area contributed by atoms with Gasteiger partial charge < -0.3 is 12.4 Å². The van der Waals surface area contributed by atoms with E-state index in [2.05, 4.69) is 24.2 Å². The monoisotopic (exact) mass is 619 g/mol. The molecule has 0 aliphatic heterocycles. The Kier molecular flexibility index (Phi) is 42.2. The molecule has 2 N–H and O–H groups in total. The average Bonchev–Trinajstić information content (AvgIpc) is 2.96. The second kappa shape index (κ2) is 40.1. The van der Waals surface area contributed by atoms with Crippen molar-refractivity contribution in [2.75, 3.05) is 13.1 Å². The highest BCUT2D eigenvalue weighted by Crippen LogP contribution is 2.15. The van der Waals surface area contributed by atoms with Crippen molar-refractivity contribution in [2.45, 2.75) is 219 Å². The Balaban J connectivity index is 0. The zero-order valence-corrected chi connectivity index (χ0v) is 29.8. The molecule has 0 amide bonds. The molecule has 248 valence electrons. The predicted octanol–water partition coefficient (Wildman–Crippen LogP) is 8.78. The lowest BCUT2D eigenvalue weighted by atomic mass is 10.0. The van der Waals surface area contributed by atoms with E-state index in [1.165, 1.54) is 205 Å². The molecule has 0 radical (unpaired) electrons. The standard InChI is InChI=1S/C37H75ClN2.ClH/c1-3-5-7-9-11-13-15-17-19-21-23-25-27-29-31-33-35-39-37(38)40-36-34-32-30-28-26-24-22-20-18-16-14-12-10-8-6-4-2;/h3-36H2,1-2H3,(H,39,40);1H. The SMILES string of the molecule is CCCCCCCCCCCCCCCCCCNC(Cl)=[NH+]CCCCCCCCCCCCCCCCCC.[Cl-]. The number of unbranched alkanes of at least 4 members (excludes halogenated alkanes) is 30. The summed E-state index contributed by atoms with van der Waals surface area (Å²) < 4.78 is 0. The number of halogens is 2. The zero-order valence-electron chi connectivity index (χ0n) is 28.3. The minimum atomic E-state index is 0. The predicted molar refractivity (Wildman–Crippen MR) is 184 cm³/mol. The summed E-state index contributed by atoms with van der Waals surface area (Å²) in [7, 11) is 0. The molecular formula is C37H76Cl2N2. The van der Waals surface area contributed by atoms with Crippen LogP contribution < -0.4 is 22.7 Å². The van der Waals surface area contributed by atoms with Gasteiger partial charge in [-0.2, -0.15) is 0 Å². The fourth-order valence-corrected chi connectivity index (χ4v) is 5.99. The lowest BCUT2D eigenvalue weighted by Gasteiger charge is -2.03. The molecule has 0 saturated carbocycles. The van der Waals surface area contributed by atoms with Crippen LogP contribution in [0.25, 0.3) is 0 Å². The Morgan fingerprint density at radius 3 is 0.927 bits per heavy atom. The van der Waals surface area contributed by atoms with Crippen molar-refractivity contribution < 1.29 is 17.4 Å². The molecule has 0 spiro atoms. The number of hydrogen-bond acceptors (Lipinski definition) is 0. The van der Waals surface area contributed by atoms with Gasteiger partial charge in [-0.15, -0.1) is 0 Å². The molecule has 0 bridgehead atoms. The van der Waals surface area contributed by atoms with E-state index in [0.29, 0.717) is 0 Å². The van der Waals surface area contributed by atoms with Crippen LogP contribution in [-0.4, -0.2) is 18.4 Å². The van der Waals surface area contributed by atoms with Gasteiger partial charge in [0.05, 0.1) is 13.1 Å². The first-order valence-corrected chi connectivity index (χ1v) is 19.2. The molecule has 41 heavy (non-hydrogen) atoms. The molecule has 0 rings (SSSR count). The van der Waals surface area contributed by atoms with Crippen LogP contribution in [-0.2, 0) is 0 Å². The van der Waals surface area contributed by atoms with Crippen LogP contribution in [0, 0.1) is 0 Å². The van der Waals surface area contributed by atoms with Crippen LogP contribution in [0.5, 0.6) is 0 Å². The lowest BCUT2D eigenvalue weighted by Crippen LogP contribution is -3.00. The van der Waals surface area contributed by atoms with Crippen molar-refractivity contribution in [1.82, 2.24) is 5.32 Å². The topological polar surface area (TPSA) is 26.0 Å². The molecule has 0 aliphatic carbocycles. The van der Waals surface area contributed by atoms with Crippen molar-refractivity contribution in [1.29, 1.82) is 0 Å². The van der Waals surface area contributed by atoms with Crippen LogP contribution in [0.2, 0.25) is 0 Å². The van der Waals surface area contributed by atoms with Gasteiger partial charge >= 0.3 is 5.29 Å². The maximum absolute atomic E-state index is 6.32. The van der Waals surface area contributed by atoms with Crippen LogP contribution in [0.3, 0.4) is 0 Å². The summed E-state index contributed by atoms with van der Waals surface area (Å²) in [5.41, 5.74) is 0. The van der Waals surface area contributed by atoms with Crippen molar-refractivity contribution in [3.8, 4) is 0 Å². The third-order valence-electron chi connectivity index (χ3n) is 8.62. The van der Waals surface area contributed by atoms with E-state index < -0.39 is 0 Å². The summed E-state index contributed by atoms with van der Waals surface area (Å²) in [5, 5.41) is 4.11. The minimum Gasteiger partial charge on any atom is -1.00 e. The van der Waals surface area contributed by atoms with E-state index in [1.807, 2.05) is 0 Å². The molecule has 0 atom stereocenters. The van der Waals surface area contributed by atoms with Crippen LogP contribution >= 0.6 is 11.6 Å². The molecular weight excluding hydrogens is 543 g/mol. The van der Waals surface area contributed by atoms with Gasteiger partial charge in [0.2, 0.25) is 0 Å². The van der Waals surface area contributed by atoms with Crippen molar-refractivity contribution >= 4 is 16.9 Å². The molecule has 0 aromatic carbocycles. The van der Waals surface area contributed by atoms with Crippen molar-refractivity contribution in [3.63, 3.8) is 0 Å². The average molecular weight is 620 g/mol. The van der Waals surface area contributed by atoms with E-state index in [0.717, 1.165) is 18.4 Å². The number of rotatable bonds is 34. The summed E-state index contributed by atoms with van der Waals surface area (Å²) in [4.78, 5) is 3.36. The van der Waals surface area contributed by atoms with E-state index in [-0.39, 0.29) is 12.4 Å². The Labute approximate surface area is 271 Å². The van der Waals surface area contributed by atoms with E-state index in [4.69, 9.17) is 11.6 Å². The number of nitrogens with one attached hydrogen (secondary N) is 2. The number of amidine groups is 1. The maximum Gasteiger partial charge on any atom is 0.340 e. The quantitative estimate of drug-likeness (QED) is 0.0320. The van der Waals surface area contributed by atoms with Gasteiger partial charge in [-0.25, -0.2) is 0 Å². The maximum atomic E-state index is 6.32. The highest BCUT2D eigenvalue weighted by Gasteiger charge is 2.01. The minimum absolute atomic E-state index is 0. The molecule has 2 nitrogen and oxygen atoms in total. The van der Waals surface area contributed by atoms with E-state index in [1.54, 1.807) is 0 Å². The fourth-order valence-electron chi connectivity index (χ4n) is 5.80. The summed E-state index contributed by atoms with van der Waals surface area (Å²) in [5.74, 6) is 0. The Morgan fingerprint density at radius 1 is 0.390 bits per heavy atom. The summed E-state index contributed by atoms with van der Waals surface area (Å²) in [6.45, 7) is 6.60. The van der Waals surface area contributed by atoms with Crippen molar-refractivity contribution in [2.24, 2.45) is 0 Å². The van der Waals surface area contributed by atoms with Gasteiger partial charge in [0.15, 0.2) is 0 Å². The fraction of sp³-hybridized carbons (Fsp3) is 0.973. The first kappa shape index (κ1) is 43.2. The zero-order chi connectivity index (χ0) is 29.0. The first-order valence-electron chi connectivity index (χ1n) is 18.8. The highest BCUT2D eigenvalue weighted by molar-refractivity contribution is 6.62. The number of hydrogen-bond donors (Lipinski definition) is 2. The lowest BCUT2D eigenvalue weighted by molar-refractivity contribution is -0.457. The van der Waals surface area contributed by atoms with E-state index in [9.17, 15) is 0 Å². The molecule has 0 heterocycles. The second-order valence-electron chi connectivity index (χ2n) is 12.8. The second-order valence-corrected chi connectivity index (χ2v) is 13.2. The molecule has 0 aromatic rings. The molecule has 4 heteroatoms. The molecule has 0 aromatic heterocycles. The van der Waals surface area contributed by atoms with Crippen molar-refractivity contribution in [3.05, 3.63) is 0 Å². The van der Waals surface area contributed by atoms with Gasteiger partial charge in [-0.05, 0) is 25.7 Å². The largest absolute Gasteiger partial charge is 1.00 e. The Hall–Kier alpha value is 0.0500. The van der Waals surface area contributed by atoms with Gasteiger partial charge in [0.25, 0.3) is 0 Å². The first-order chi connectivity index (χ1) is 19.8. The van der Waals surface area contributed by atoms with Gasteiger partial charge in [0.1, 0.15) is 0 Å². The van der Waals surface area contributed by atoms with Crippen LogP contribution in [0.15, 0.2) is 0 Å². The summed E-state index contributed by atoms with van der Waals surface area (Å²) in [6, 6.07) is 0. The third kappa shape index (κ3) is 40.0. The van der Waals surface area contributed by atoms with Crippen LogP contribution in [0.1, 0.15) is 219 Å². The summed E-state index contributed by atoms with van der Waals surface area (Å²) in [6.07, 6.45) is 45.4. The Bertz CT molecular complexity index is 484. The summed E-state index contributed by atoms with van der Waals surface area (Å²) >= 11 is 6.32. The van der Waals surface area contributed by atoms with Gasteiger partial charge in [-0.1, -0.05) is 194 Å². The molecule has 0 aliphatic rings. The normalized spacial score (nSPS) is 11.6. The Morgan fingerprint density at radius 2 is 0.634 bits per heavy atom. The molecule has 0 saturated heterocycles. The van der Waals surface area contributed by atoms with E-state index >= 15 is 0 Å². The molecule has 0 fully saturated rings. The van der Waals surface area contributed by atoms with Gasteiger partial charge in [0, 0.05) is 11.6 Å². The third-order valence-corrected chi connectivity index (χ3v) is 8.89. The van der Waals surface area contributed by atoms with Crippen LogP contribution in [0.4, 0.5) is 0 Å². The highest BCUT2D eigenvalue weighted by atomic mass is 35.5. The van der Waals surface area contributed by atoms with Gasteiger partial charge in [-0.3, -0.25) is 10.3 Å². The molecule has 0 unspecified atom stereocenters. The smallest absolute Gasteiger partial charge is 0.340 e.